The minimum atomic E-state index is -3.65. The van der Waals surface area contributed by atoms with Crippen LogP contribution in [0.1, 0.15) is 26.7 Å². The largest absolute Gasteiger partial charge is 0.481 e. The van der Waals surface area contributed by atoms with E-state index in [2.05, 4.69) is 0 Å². The fraction of sp³-hybridized carbons (Fsp3) is 0.917. The second kappa shape index (κ2) is 7.35. The molecule has 1 rings (SSSR count). The molecular formula is C12H24N2O5S. The van der Waals surface area contributed by atoms with Crippen molar-refractivity contribution in [1.29, 1.82) is 0 Å². The Labute approximate surface area is 120 Å². The van der Waals surface area contributed by atoms with E-state index in [0.717, 1.165) is 17.1 Å². The first-order valence-electron chi connectivity index (χ1n) is 6.89. The van der Waals surface area contributed by atoms with Gasteiger partial charge in [0.1, 0.15) is 0 Å². The van der Waals surface area contributed by atoms with E-state index >= 15 is 0 Å². The summed E-state index contributed by atoms with van der Waals surface area (Å²) in [7, 11) is -2.22. The van der Waals surface area contributed by atoms with Crippen molar-refractivity contribution in [2.45, 2.75) is 32.7 Å². The van der Waals surface area contributed by atoms with E-state index in [1.54, 1.807) is 0 Å². The predicted molar refractivity (Wildman–Crippen MR) is 74.6 cm³/mol. The van der Waals surface area contributed by atoms with E-state index in [-0.39, 0.29) is 13.2 Å². The molecular weight excluding hydrogens is 284 g/mol. The molecule has 0 aromatic rings. The first-order valence-corrected chi connectivity index (χ1v) is 8.29. The molecule has 7 nitrogen and oxygen atoms in total. The third kappa shape index (κ3) is 3.69. The summed E-state index contributed by atoms with van der Waals surface area (Å²) in [6.45, 7) is 4.88. The molecule has 0 aromatic heterocycles. The molecule has 0 bridgehead atoms. The summed E-state index contributed by atoms with van der Waals surface area (Å²) in [6.07, 6.45) is 1.44. The molecule has 1 N–H and O–H groups in total. The average molecular weight is 308 g/mol. The Morgan fingerprint density at radius 1 is 1.25 bits per heavy atom. The fourth-order valence-electron chi connectivity index (χ4n) is 2.33. The molecule has 1 aliphatic rings. The summed E-state index contributed by atoms with van der Waals surface area (Å²) in [5, 5.41) is 9.13. The SMILES string of the molecule is CCCN(CCC)S(=O)(=O)N(C)C1COCC1C(=O)O. The van der Waals surface area contributed by atoms with Crippen LogP contribution in [-0.2, 0) is 19.7 Å². The second-order valence-electron chi connectivity index (χ2n) is 4.97. The van der Waals surface area contributed by atoms with E-state index in [1.165, 1.54) is 11.4 Å². The number of hydrogen-bond donors (Lipinski definition) is 1. The zero-order chi connectivity index (χ0) is 15.3. The van der Waals surface area contributed by atoms with Gasteiger partial charge in [-0.05, 0) is 12.8 Å². The highest BCUT2D eigenvalue weighted by molar-refractivity contribution is 7.86. The van der Waals surface area contributed by atoms with Crippen molar-refractivity contribution in [3.05, 3.63) is 0 Å². The van der Waals surface area contributed by atoms with Gasteiger partial charge in [0.25, 0.3) is 10.2 Å². The molecule has 20 heavy (non-hydrogen) atoms. The fourth-order valence-corrected chi connectivity index (χ4v) is 4.07. The van der Waals surface area contributed by atoms with Crippen LogP contribution in [0.4, 0.5) is 0 Å². The van der Waals surface area contributed by atoms with Crippen molar-refractivity contribution in [2.24, 2.45) is 5.92 Å². The lowest BCUT2D eigenvalue weighted by molar-refractivity contribution is -0.142. The zero-order valence-electron chi connectivity index (χ0n) is 12.3. The van der Waals surface area contributed by atoms with Crippen molar-refractivity contribution in [1.82, 2.24) is 8.61 Å². The van der Waals surface area contributed by atoms with Gasteiger partial charge in [-0.25, -0.2) is 0 Å². The van der Waals surface area contributed by atoms with E-state index in [1.807, 2.05) is 13.8 Å². The molecule has 0 aliphatic carbocycles. The smallest absolute Gasteiger partial charge is 0.310 e. The molecule has 0 radical (unpaired) electrons. The lowest BCUT2D eigenvalue weighted by Gasteiger charge is -2.31. The van der Waals surface area contributed by atoms with Crippen molar-refractivity contribution in [2.75, 3.05) is 33.4 Å². The average Bonchev–Trinajstić information content (AvgIpc) is 2.86. The Morgan fingerprint density at radius 3 is 2.25 bits per heavy atom. The summed E-state index contributed by atoms with van der Waals surface area (Å²) in [4.78, 5) is 11.1. The highest BCUT2D eigenvalue weighted by Crippen LogP contribution is 2.23. The Morgan fingerprint density at radius 2 is 1.80 bits per heavy atom. The molecule has 2 atom stereocenters. The number of carboxylic acids is 1. The van der Waals surface area contributed by atoms with Crippen LogP contribution < -0.4 is 0 Å². The summed E-state index contributed by atoms with van der Waals surface area (Å²) in [5.41, 5.74) is 0. The maximum atomic E-state index is 12.6. The van der Waals surface area contributed by atoms with Crippen molar-refractivity contribution >= 4 is 16.2 Å². The van der Waals surface area contributed by atoms with Crippen LogP contribution >= 0.6 is 0 Å². The van der Waals surface area contributed by atoms with Crippen LogP contribution in [-0.4, -0.2) is 67.5 Å². The third-order valence-electron chi connectivity index (χ3n) is 3.47. The number of rotatable bonds is 8. The first-order chi connectivity index (χ1) is 9.36. The summed E-state index contributed by atoms with van der Waals surface area (Å²) in [5.74, 6) is -1.83. The summed E-state index contributed by atoms with van der Waals surface area (Å²) >= 11 is 0. The molecule has 0 aromatic carbocycles. The standard InChI is InChI=1S/C12H24N2O5S/c1-4-6-14(7-5-2)20(17,18)13(3)11-9-19-8-10(11)12(15)16/h10-11H,4-9H2,1-3H3,(H,15,16). The van der Waals surface area contributed by atoms with Gasteiger partial charge >= 0.3 is 5.97 Å². The van der Waals surface area contributed by atoms with E-state index in [4.69, 9.17) is 9.84 Å². The molecule has 2 unspecified atom stereocenters. The Kier molecular flexibility index (Phi) is 6.38. The quantitative estimate of drug-likeness (QED) is 0.700. The first kappa shape index (κ1) is 17.4. The lowest BCUT2D eigenvalue weighted by Crippen LogP contribution is -2.50. The van der Waals surface area contributed by atoms with Gasteiger partial charge in [0.15, 0.2) is 0 Å². The minimum Gasteiger partial charge on any atom is -0.481 e. The van der Waals surface area contributed by atoms with Crippen LogP contribution in [0.25, 0.3) is 0 Å². The summed E-state index contributed by atoms with van der Waals surface area (Å²) in [6, 6.07) is -0.645. The number of ether oxygens (including phenoxy) is 1. The molecule has 1 heterocycles. The number of likely N-dealkylation sites (N-methyl/N-ethyl adjacent to an activating group) is 1. The second-order valence-corrected chi connectivity index (χ2v) is 6.96. The molecule has 8 heteroatoms. The Balaban J connectivity index is 2.92. The van der Waals surface area contributed by atoms with Crippen LogP contribution in [0, 0.1) is 5.92 Å². The van der Waals surface area contributed by atoms with E-state index < -0.39 is 28.1 Å². The van der Waals surface area contributed by atoms with Gasteiger partial charge < -0.3 is 9.84 Å². The highest BCUT2D eigenvalue weighted by atomic mass is 32.2. The lowest BCUT2D eigenvalue weighted by atomic mass is 10.1. The molecule has 1 saturated heterocycles. The Hall–Kier alpha value is -0.700. The highest BCUT2D eigenvalue weighted by Gasteiger charge is 2.42. The van der Waals surface area contributed by atoms with Gasteiger partial charge in [0.2, 0.25) is 0 Å². The zero-order valence-corrected chi connectivity index (χ0v) is 13.1. The molecule has 118 valence electrons. The predicted octanol–water partition coefficient (Wildman–Crippen LogP) is 0.385. The van der Waals surface area contributed by atoms with Gasteiger partial charge in [-0.1, -0.05) is 13.8 Å². The maximum absolute atomic E-state index is 12.6. The van der Waals surface area contributed by atoms with Crippen LogP contribution in [0.5, 0.6) is 0 Å². The van der Waals surface area contributed by atoms with Gasteiger partial charge in [0.05, 0.1) is 25.2 Å². The number of carbonyl (C=O) groups is 1. The number of hydrogen-bond acceptors (Lipinski definition) is 4. The van der Waals surface area contributed by atoms with Crippen molar-refractivity contribution in [3.8, 4) is 0 Å². The Bertz CT molecular complexity index is 420. The van der Waals surface area contributed by atoms with Gasteiger partial charge in [0, 0.05) is 20.1 Å². The number of nitrogens with zero attached hydrogens (tertiary/aromatic N) is 2. The van der Waals surface area contributed by atoms with Crippen LogP contribution in [0.15, 0.2) is 0 Å². The third-order valence-corrected chi connectivity index (χ3v) is 5.49. The van der Waals surface area contributed by atoms with Crippen molar-refractivity contribution in [3.63, 3.8) is 0 Å². The van der Waals surface area contributed by atoms with Crippen molar-refractivity contribution < 1.29 is 23.1 Å². The van der Waals surface area contributed by atoms with Crippen LogP contribution in [0.3, 0.4) is 0 Å². The molecule has 0 amide bonds. The molecule has 0 spiro atoms. The molecule has 1 aliphatic heterocycles. The van der Waals surface area contributed by atoms with E-state index in [0.29, 0.717) is 13.1 Å². The minimum absolute atomic E-state index is 0.0570. The van der Waals surface area contributed by atoms with Gasteiger partial charge in [-0.15, -0.1) is 0 Å². The summed E-state index contributed by atoms with van der Waals surface area (Å²) < 4.78 is 32.8. The normalized spacial score (nSPS) is 23.6. The van der Waals surface area contributed by atoms with Gasteiger partial charge in [-0.2, -0.15) is 17.0 Å². The van der Waals surface area contributed by atoms with Gasteiger partial charge in [-0.3, -0.25) is 4.79 Å². The van der Waals surface area contributed by atoms with E-state index in [9.17, 15) is 13.2 Å². The molecule has 1 fully saturated rings. The molecule has 0 saturated carbocycles. The number of aliphatic carboxylic acids is 1. The number of carboxylic acid groups (broad SMARTS) is 1. The van der Waals surface area contributed by atoms with Crippen LogP contribution in [0.2, 0.25) is 0 Å². The maximum Gasteiger partial charge on any atom is 0.310 e. The topological polar surface area (TPSA) is 87.2 Å². The monoisotopic (exact) mass is 308 g/mol.